The fourth-order valence-electron chi connectivity index (χ4n) is 2.85. The molecule has 0 amide bonds. The zero-order valence-electron chi connectivity index (χ0n) is 14.3. The maximum atomic E-state index is 13.2. The largest absolute Gasteiger partial charge is 0.486 e. The van der Waals surface area contributed by atoms with Gasteiger partial charge in [0.2, 0.25) is 0 Å². The van der Waals surface area contributed by atoms with Crippen molar-refractivity contribution in [3.8, 4) is 11.4 Å². The summed E-state index contributed by atoms with van der Waals surface area (Å²) < 4.78 is 8.24. The van der Waals surface area contributed by atoms with Gasteiger partial charge >= 0.3 is 0 Å². The van der Waals surface area contributed by atoms with Gasteiger partial charge in [-0.25, -0.2) is 4.98 Å². The van der Waals surface area contributed by atoms with E-state index in [-0.39, 0.29) is 12.2 Å². The number of halogens is 1. The summed E-state index contributed by atoms with van der Waals surface area (Å²) in [5, 5.41) is 0.532. The van der Waals surface area contributed by atoms with Crippen molar-refractivity contribution in [1.82, 2.24) is 9.55 Å². The van der Waals surface area contributed by atoms with Gasteiger partial charge in [-0.2, -0.15) is 0 Å². The second kappa shape index (κ2) is 7.25. The number of rotatable bonds is 4. The Labute approximate surface area is 164 Å². The molecule has 3 aromatic carbocycles. The number of benzene rings is 3. The molecule has 0 fully saturated rings. The van der Waals surface area contributed by atoms with Crippen LogP contribution in [0.25, 0.3) is 16.6 Å². The molecule has 2 N–H and O–H groups in total. The van der Waals surface area contributed by atoms with E-state index in [9.17, 15) is 4.79 Å². The molecule has 0 unspecified atom stereocenters. The van der Waals surface area contributed by atoms with Crippen LogP contribution < -0.4 is 16.0 Å². The number of fused-ring (bicyclic) bond motifs is 1. The first kappa shape index (κ1) is 17.3. The minimum absolute atomic E-state index is 0.155. The Kier molecular flexibility index (Phi) is 4.64. The Morgan fingerprint density at radius 1 is 1.00 bits per heavy atom. The highest BCUT2D eigenvalue weighted by Crippen LogP contribution is 2.19. The topological polar surface area (TPSA) is 70.1 Å². The summed E-state index contributed by atoms with van der Waals surface area (Å²) in [5.74, 6) is 1.23. The standard InChI is InChI=1S/C21H16BrN3O2/c22-14-6-11-19-18(12-14)21(26)25(16-9-7-15(23)8-10-16)20(24-19)13-27-17-4-2-1-3-5-17/h1-12H,13,23H2. The predicted octanol–water partition coefficient (Wildman–Crippen LogP) is 4.31. The number of aromatic nitrogens is 2. The van der Waals surface area contributed by atoms with E-state index in [4.69, 9.17) is 10.5 Å². The normalized spacial score (nSPS) is 10.9. The van der Waals surface area contributed by atoms with Gasteiger partial charge < -0.3 is 10.5 Å². The average Bonchev–Trinajstić information content (AvgIpc) is 2.69. The van der Waals surface area contributed by atoms with Crippen molar-refractivity contribution in [3.05, 3.63) is 93.4 Å². The van der Waals surface area contributed by atoms with E-state index in [1.54, 1.807) is 34.9 Å². The van der Waals surface area contributed by atoms with Gasteiger partial charge in [-0.1, -0.05) is 34.1 Å². The number of hydrogen-bond donors (Lipinski definition) is 1. The summed E-state index contributed by atoms with van der Waals surface area (Å²) >= 11 is 3.42. The van der Waals surface area contributed by atoms with Gasteiger partial charge in [0, 0.05) is 10.2 Å². The Morgan fingerprint density at radius 2 is 1.74 bits per heavy atom. The lowest BCUT2D eigenvalue weighted by atomic mass is 10.2. The zero-order chi connectivity index (χ0) is 18.8. The third kappa shape index (κ3) is 3.57. The fourth-order valence-corrected chi connectivity index (χ4v) is 3.22. The number of nitrogens with zero attached hydrogens (tertiary/aromatic N) is 2. The Hall–Kier alpha value is -3.12. The van der Waals surface area contributed by atoms with Crippen LogP contribution in [0.2, 0.25) is 0 Å². The molecule has 0 radical (unpaired) electrons. The molecule has 6 heteroatoms. The van der Waals surface area contributed by atoms with E-state index < -0.39 is 0 Å². The molecule has 27 heavy (non-hydrogen) atoms. The van der Waals surface area contributed by atoms with E-state index in [0.717, 1.165) is 4.47 Å². The molecule has 134 valence electrons. The van der Waals surface area contributed by atoms with Crippen molar-refractivity contribution in [2.75, 3.05) is 5.73 Å². The third-order valence-electron chi connectivity index (χ3n) is 4.16. The predicted molar refractivity (Wildman–Crippen MR) is 110 cm³/mol. The molecule has 1 heterocycles. The minimum Gasteiger partial charge on any atom is -0.486 e. The molecule has 4 aromatic rings. The molecule has 0 bridgehead atoms. The van der Waals surface area contributed by atoms with Crippen molar-refractivity contribution in [2.24, 2.45) is 0 Å². The number of para-hydroxylation sites is 1. The lowest BCUT2D eigenvalue weighted by Gasteiger charge is -2.15. The highest BCUT2D eigenvalue weighted by atomic mass is 79.9. The van der Waals surface area contributed by atoms with Crippen LogP contribution >= 0.6 is 15.9 Å². The van der Waals surface area contributed by atoms with E-state index in [0.29, 0.717) is 33.9 Å². The highest BCUT2D eigenvalue weighted by molar-refractivity contribution is 9.10. The van der Waals surface area contributed by atoms with Crippen LogP contribution in [0, 0.1) is 0 Å². The summed E-state index contributed by atoms with van der Waals surface area (Å²) in [5.41, 5.74) is 7.58. The van der Waals surface area contributed by atoms with Gasteiger partial charge in [0.25, 0.3) is 5.56 Å². The van der Waals surface area contributed by atoms with Crippen LogP contribution in [0.3, 0.4) is 0 Å². The first-order chi connectivity index (χ1) is 13.1. The number of anilines is 1. The third-order valence-corrected chi connectivity index (χ3v) is 4.66. The molecule has 0 saturated carbocycles. The molecular formula is C21H16BrN3O2. The van der Waals surface area contributed by atoms with Gasteiger partial charge in [0.15, 0.2) is 5.82 Å². The molecule has 0 aliphatic heterocycles. The summed E-state index contributed by atoms with van der Waals surface area (Å²) in [6.45, 7) is 0.162. The van der Waals surface area contributed by atoms with Crippen LogP contribution in [0.1, 0.15) is 5.82 Å². The van der Waals surface area contributed by atoms with Crippen molar-refractivity contribution in [2.45, 2.75) is 6.61 Å². The number of hydrogen-bond acceptors (Lipinski definition) is 4. The molecule has 4 rings (SSSR count). The maximum absolute atomic E-state index is 13.2. The molecule has 0 saturated heterocycles. The smallest absolute Gasteiger partial charge is 0.266 e. The van der Waals surface area contributed by atoms with Crippen LogP contribution in [0.15, 0.2) is 82.1 Å². The minimum atomic E-state index is -0.155. The molecule has 0 spiro atoms. The van der Waals surface area contributed by atoms with Gasteiger partial charge in [-0.15, -0.1) is 0 Å². The summed E-state index contributed by atoms with van der Waals surface area (Å²) in [7, 11) is 0. The van der Waals surface area contributed by atoms with Crippen LogP contribution in [-0.2, 0) is 6.61 Å². The molecule has 0 aliphatic carbocycles. The Balaban J connectivity index is 1.87. The summed E-state index contributed by atoms with van der Waals surface area (Å²) in [6.07, 6.45) is 0. The molecular weight excluding hydrogens is 406 g/mol. The second-order valence-corrected chi connectivity index (χ2v) is 6.94. The molecule has 0 aliphatic rings. The Morgan fingerprint density at radius 3 is 2.48 bits per heavy atom. The van der Waals surface area contributed by atoms with Crippen molar-refractivity contribution >= 4 is 32.5 Å². The zero-order valence-corrected chi connectivity index (χ0v) is 15.9. The van der Waals surface area contributed by atoms with Crippen molar-refractivity contribution in [3.63, 3.8) is 0 Å². The van der Waals surface area contributed by atoms with Gasteiger partial charge in [0.1, 0.15) is 12.4 Å². The van der Waals surface area contributed by atoms with E-state index in [1.807, 2.05) is 42.5 Å². The first-order valence-electron chi connectivity index (χ1n) is 8.37. The highest BCUT2D eigenvalue weighted by Gasteiger charge is 2.14. The summed E-state index contributed by atoms with van der Waals surface area (Å²) in [4.78, 5) is 17.9. The molecule has 5 nitrogen and oxygen atoms in total. The lowest BCUT2D eigenvalue weighted by molar-refractivity contribution is 0.292. The number of nitrogen functional groups attached to an aromatic ring is 1. The van der Waals surface area contributed by atoms with Crippen molar-refractivity contribution < 1.29 is 4.74 Å². The van der Waals surface area contributed by atoms with Crippen LogP contribution in [0.5, 0.6) is 5.75 Å². The molecule has 0 atom stereocenters. The van der Waals surface area contributed by atoms with E-state index in [1.165, 1.54) is 0 Å². The second-order valence-electron chi connectivity index (χ2n) is 6.02. The lowest BCUT2D eigenvalue weighted by Crippen LogP contribution is -2.25. The monoisotopic (exact) mass is 421 g/mol. The first-order valence-corrected chi connectivity index (χ1v) is 9.16. The Bertz CT molecular complexity index is 1160. The summed E-state index contributed by atoms with van der Waals surface area (Å²) in [6, 6.07) is 22.0. The quantitative estimate of drug-likeness (QED) is 0.498. The van der Waals surface area contributed by atoms with Gasteiger partial charge in [-0.3, -0.25) is 9.36 Å². The van der Waals surface area contributed by atoms with Crippen molar-refractivity contribution in [1.29, 1.82) is 0 Å². The van der Waals surface area contributed by atoms with E-state index in [2.05, 4.69) is 20.9 Å². The SMILES string of the molecule is Nc1ccc(-n2c(COc3ccccc3)nc3ccc(Br)cc3c2=O)cc1. The fraction of sp³-hybridized carbons (Fsp3) is 0.0476. The number of nitrogens with two attached hydrogens (primary N) is 1. The van der Waals surface area contributed by atoms with E-state index >= 15 is 0 Å². The van der Waals surface area contributed by atoms with Crippen LogP contribution in [-0.4, -0.2) is 9.55 Å². The van der Waals surface area contributed by atoms with Gasteiger partial charge in [0.05, 0.1) is 16.6 Å². The number of ether oxygens (including phenoxy) is 1. The van der Waals surface area contributed by atoms with Gasteiger partial charge in [-0.05, 0) is 54.6 Å². The molecule has 1 aromatic heterocycles. The van der Waals surface area contributed by atoms with Crippen LogP contribution in [0.4, 0.5) is 5.69 Å². The maximum Gasteiger partial charge on any atom is 0.266 e. The average molecular weight is 422 g/mol.